The van der Waals surface area contributed by atoms with Gasteiger partial charge in [-0.25, -0.2) is 0 Å². The molecule has 1 aliphatic heterocycles. The van der Waals surface area contributed by atoms with Crippen molar-refractivity contribution in [2.45, 2.75) is 13.0 Å². The minimum atomic E-state index is -0.130. The maximum Gasteiger partial charge on any atom is 0.244 e. The quantitative estimate of drug-likeness (QED) is 0.651. The van der Waals surface area contributed by atoms with Gasteiger partial charge in [0.15, 0.2) is 0 Å². The first-order chi connectivity index (χ1) is 14.6. The Kier molecular flexibility index (Phi) is 7.88. The number of aryl methyl sites for hydroxylation is 1. The third-order valence-corrected chi connectivity index (χ3v) is 5.29. The van der Waals surface area contributed by atoms with Crippen molar-refractivity contribution in [3.8, 4) is 11.5 Å². The number of hydrogen-bond donors (Lipinski definition) is 2. The predicted octanol–water partition coefficient (Wildman–Crippen LogP) is 1.80. The highest BCUT2D eigenvalue weighted by atomic mass is 16.5. The number of carbonyl (C=O) groups excluding carboxylic acids is 1. The largest absolute Gasteiger partial charge is 0.497 e. The first-order valence-corrected chi connectivity index (χ1v) is 10.3. The van der Waals surface area contributed by atoms with Gasteiger partial charge < -0.3 is 24.4 Å². The number of methoxy groups -OCH3 is 2. The first-order valence-electron chi connectivity index (χ1n) is 10.3. The Morgan fingerprint density at radius 2 is 1.73 bits per heavy atom. The first kappa shape index (κ1) is 21.9. The van der Waals surface area contributed by atoms with Gasteiger partial charge in [0.1, 0.15) is 37.2 Å². The van der Waals surface area contributed by atoms with E-state index in [4.69, 9.17) is 14.2 Å². The number of ether oxygens (including phenoxy) is 3. The molecule has 0 spiro atoms. The maximum absolute atomic E-state index is 12.7. The number of rotatable bonds is 8. The molecule has 2 aromatic carbocycles. The van der Waals surface area contributed by atoms with E-state index in [-0.39, 0.29) is 11.9 Å². The van der Waals surface area contributed by atoms with Crippen molar-refractivity contribution < 1.29 is 23.9 Å². The van der Waals surface area contributed by atoms with Crippen molar-refractivity contribution in [2.24, 2.45) is 0 Å². The van der Waals surface area contributed by atoms with E-state index in [1.54, 1.807) is 32.4 Å². The summed E-state index contributed by atoms with van der Waals surface area (Å²) in [5.41, 5.74) is 3.16. The lowest BCUT2D eigenvalue weighted by Crippen LogP contribution is -3.14. The van der Waals surface area contributed by atoms with Gasteiger partial charge in [-0.15, -0.1) is 0 Å². The van der Waals surface area contributed by atoms with E-state index in [2.05, 4.69) is 36.5 Å². The number of carbonyl (C=O) groups is 1. The molecule has 160 valence electrons. The van der Waals surface area contributed by atoms with Crippen molar-refractivity contribution in [2.75, 3.05) is 47.1 Å². The smallest absolute Gasteiger partial charge is 0.244 e. The summed E-state index contributed by atoms with van der Waals surface area (Å²) in [6, 6.07) is 13.8. The van der Waals surface area contributed by atoms with Crippen LogP contribution in [0.1, 0.15) is 22.7 Å². The van der Waals surface area contributed by atoms with Gasteiger partial charge in [0, 0.05) is 12.1 Å². The second kappa shape index (κ2) is 10.8. The zero-order valence-corrected chi connectivity index (χ0v) is 17.9. The molecular formula is C24H31N2O4+. The highest BCUT2D eigenvalue weighted by Gasteiger charge is 2.22. The average molecular weight is 412 g/mol. The van der Waals surface area contributed by atoms with Gasteiger partial charge in [-0.05, 0) is 36.3 Å². The second-order valence-electron chi connectivity index (χ2n) is 7.52. The Hall–Kier alpha value is -2.83. The third-order valence-electron chi connectivity index (χ3n) is 5.29. The molecule has 1 heterocycles. The van der Waals surface area contributed by atoms with Crippen LogP contribution >= 0.6 is 0 Å². The average Bonchev–Trinajstić information content (AvgIpc) is 2.78. The minimum Gasteiger partial charge on any atom is -0.497 e. The highest BCUT2D eigenvalue weighted by Crippen LogP contribution is 2.23. The molecule has 6 nitrogen and oxygen atoms in total. The van der Waals surface area contributed by atoms with Crippen LogP contribution in [0.2, 0.25) is 0 Å². The van der Waals surface area contributed by atoms with Gasteiger partial charge in [-0.1, -0.05) is 29.8 Å². The van der Waals surface area contributed by atoms with Gasteiger partial charge in [0.25, 0.3) is 0 Å². The Balaban J connectivity index is 1.72. The number of morpholine rings is 1. The van der Waals surface area contributed by atoms with Crippen molar-refractivity contribution in [1.29, 1.82) is 0 Å². The molecule has 3 rings (SSSR count). The molecule has 1 fully saturated rings. The van der Waals surface area contributed by atoms with Crippen LogP contribution in [0.3, 0.4) is 0 Å². The lowest BCUT2D eigenvalue weighted by Gasteiger charge is -2.28. The molecule has 1 atom stereocenters. The van der Waals surface area contributed by atoms with Crippen LogP contribution in [-0.2, 0) is 9.53 Å². The monoisotopic (exact) mass is 411 g/mol. The van der Waals surface area contributed by atoms with E-state index >= 15 is 0 Å². The van der Waals surface area contributed by atoms with E-state index in [1.807, 2.05) is 12.1 Å². The van der Waals surface area contributed by atoms with E-state index in [0.29, 0.717) is 11.5 Å². The van der Waals surface area contributed by atoms with Crippen LogP contribution in [0.4, 0.5) is 0 Å². The molecule has 2 N–H and O–H groups in total. The highest BCUT2D eigenvalue weighted by molar-refractivity contribution is 5.92. The van der Waals surface area contributed by atoms with Gasteiger partial charge in [-0.2, -0.15) is 0 Å². The van der Waals surface area contributed by atoms with Crippen LogP contribution in [0.25, 0.3) is 6.08 Å². The van der Waals surface area contributed by atoms with E-state index in [0.717, 1.165) is 44.0 Å². The van der Waals surface area contributed by atoms with Gasteiger partial charge >= 0.3 is 0 Å². The van der Waals surface area contributed by atoms with Crippen molar-refractivity contribution in [3.63, 3.8) is 0 Å². The van der Waals surface area contributed by atoms with E-state index < -0.39 is 0 Å². The Labute approximate surface area is 178 Å². The fourth-order valence-corrected chi connectivity index (χ4v) is 3.52. The van der Waals surface area contributed by atoms with E-state index in [1.165, 1.54) is 10.5 Å². The van der Waals surface area contributed by atoms with Gasteiger partial charge in [0.2, 0.25) is 5.91 Å². The molecule has 0 aliphatic carbocycles. The molecular weight excluding hydrogens is 380 g/mol. The number of nitrogens with one attached hydrogen (secondary N) is 2. The molecule has 0 unspecified atom stereocenters. The van der Waals surface area contributed by atoms with E-state index in [9.17, 15) is 4.79 Å². The number of benzene rings is 2. The molecule has 1 aliphatic rings. The number of amides is 1. The molecule has 0 aromatic heterocycles. The van der Waals surface area contributed by atoms with Crippen LogP contribution in [-0.4, -0.2) is 53.0 Å². The van der Waals surface area contributed by atoms with Crippen LogP contribution in [0, 0.1) is 6.92 Å². The van der Waals surface area contributed by atoms with Crippen LogP contribution in [0.5, 0.6) is 11.5 Å². The summed E-state index contributed by atoms with van der Waals surface area (Å²) in [4.78, 5) is 14.2. The second-order valence-corrected chi connectivity index (χ2v) is 7.52. The predicted molar refractivity (Wildman–Crippen MR) is 117 cm³/mol. The zero-order chi connectivity index (χ0) is 21.3. The topological polar surface area (TPSA) is 61.2 Å². The molecule has 0 saturated carbocycles. The maximum atomic E-state index is 12.7. The SMILES string of the molecule is COc1cc(/C=C/C(=O)N[C@@H](C[NH+]2CCOCC2)c2ccc(C)cc2)cc(OC)c1. The molecule has 30 heavy (non-hydrogen) atoms. The molecule has 6 heteroatoms. The van der Waals surface area contributed by atoms with Gasteiger partial charge in [0.05, 0.1) is 27.4 Å². The fraction of sp³-hybridized carbons (Fsp3) is 0.375. The molecule has 1 amide bonds. The Morgan fingerprint density at radius 1 is 1.10 bits per heavy atom. The lowest BCUT2D eigenvalue weighted by atomic mass is 10.0. The van der Waals surface area contributed by atoms with Crippen molar-refractivity contribution >= 4 is 12.0 Å². The zero-order valence-electron chi connectivity index (χ0n) is 17.9. The summed E-state index contributed by atoms with van der Waals surface area (Å²) in [7, 11) is 3.21. The van der Waals surface area contributed by atoms with Crippen molar-refractivity contribution in [3.05, 3.63) is 65.2 Å². The fourth-order valence-electron chi connectivity index (χ4n) is 3.52. The molecule has 0 bridgehead atoms. The van der Waals surface area contributed by atoms with Crippen LogP contribution < -0.4 is 19.7 Å². The lowest BCUT2D eigenvalue weighted by molar-refractivity contribution is -0.909. The summed E-state index contributed by atoms with van der Waals surface area (Å²) in [5, 5.41) is 3.18. The number of hydrogen-bond acceptors (Lipinski definition) is 4. The minimum absolute atomic E-state index is 0.0595. The normalized spacial score (nSPS) is 15.7. The Morgan fingerprint density at radius 3 is 2.33 bits per heavy atom. The summed E-state index contributed by atoms with van der Waals surface area (Å²) < 4.78 is 16.1. The molecule has 2 aromatic rings. The molecule has 0 radical (unpaired) electrons. The summed E-state index contributed by atoms with van der Waals surface area (Å²) in [6.07, 6.45) is 3.33. The summed E-state index contributed by atoms with van der Waals surface area (Å²) in [5.74, 6) is 1.24. The third kappa shape index (κ3) is 6.34. The number of quaternary nitrogens is 1. The standard InChI is InChI=1S/C24H30N2O4/c1-18-4-7-20(8-5-18)23(17-26-10-12-30-13-11-26)25-24(27)9-6-19-14-21(28-2)16-22(15-19)29-3/h4-9,14-16,23H,10-13,17H2,1-3H3,(H,25,27)/p+1/b9-6+/t23-/m0/s1. The Bertz CT molecular complexity index is 836. The summed E-state index contributed by atoms with van der Waals surface area (Å²) >= 11 is 0. The van der Waals surface area contributed by atoms with Crippen LogP contribution in [0.15, 0.2) is 48.5 Å². The molecule has 1 saturated heterocycles. The summed E-state index contributed by atoms with van der Waals surface area (Å²) in [6.45, 7) is 6.34. The van der Waals surface area contributed by atoms with Gasteiger partial charge in [-0.3, -0.25) is 4.79 Å². The van der Waals surface area contributed by atoms with Crippen molar-refractivity contribution in [1.82, 2.24) is 5.32 Å².